The van der Waals surface area contributed by atoms with Crippen LogP contribution in [-0.2, 0) is 6.42 Å². The molecule has 1 saturated heterocycles. The van der Waals surface area contributed by atoms with Gasteiger partial charge >= 0.3 is 6.09 Å². The van der Waals surface area contributed by atoms with Crippen molar-refractivity contribution in [1.82, 2.24) is 9.88 Å². The largest absolute Gasteiger partial charge is 0.465 e. The van der Waals surface area contributed by atoms with E-state index in [0.717, 1.165) is 31.4 Å². The Labute approximate surface area is 103 Å². The third-order valence-electron chi connectivity index (χ3n) is 3.79. The van der Waals surface area contributed by atoms with Crippen molar-refractivity contribution >= 4 is 22.6 Å². The smallest absolute Gasteiger partial charge is 0.407 e. The first-order valence-electron chi connectivity index (χ1n) is 5.91. The lowest BCUT2D eigenvalue weighted by atomic mass is 9.79. The van der Waals surface area contributed by atoms with Gasteiger partial charge < -0.3 is 15.7 Å². The van der Waals surface area contributed by atoms with Crippen LogP contribution in [0, 0.1) is 0 Å². The van der Waals surface area contributed by atoms with Gasteiger partial charge in [-0.15, -0.1) is 11.3 Å². The number of hydrogen-bond donors (Lipinski definition) is 2. The molecule has 0 saturated carbocycles. The highest BCUT2D eigenvalue weighted by molar-refractivity contribution is 7.15. The molecule has 1 fully saturated rings. The molecular weight excluding hydrogens is 238 g/mol. The molecule has 5 nitrogen and oxygen atoms in total. The van der Waals surface area contributed by atoms with Crippen LogP contribution >= 0.6 is 11.3 Å². The monoisotopic (exact) mass is 253 g/mol. The van der Waals surface area contributed by atoms with Crippen molar-refractivity contribution in [2.75, 3.05) is 12.3 Å². The molecule has 1 aliphatic carbocycles. The van der Waals surface area contributed by atoms with Crippen LogP contribution in [0.15, 0.2) is 0 Å². The van der Waals surface area contributed by atoms with Gasteiger partial charge in [0.25, 0.3) is 0 Å². The molecule has 6 heteroatoms. The number of carboxylic acid groups (broad SMARTS) is 1. The van der Waals surface area contributed by atoms with Crippen LogP contribution in [0.2, 0.25) is 0 Å². The summed E-state index contributed by atoms with van der Waals surface area (Å²) in [6, 6.07) is 0.107. The predicted octanol–water partition coefficient (Wildman–Crippen LogP) is 1.90. The van der Waals surface area contributed by atoms with Gasteiger partial charge in [0.1, 0.15) is 0 Å². The normalized spacial score (nSPS) is 27.4. The van der Waals surface area contributed by atoms with Gasteiger partial charge in [0.2, 0.25) is 0 Å². The highest BCUT2D eigenvalue weighted by Gasteiger charge is 2.40. The maximum absolute atomic E-state index is 11.2. The molecule has 1 aromatic rings. The quantitative estimate of drug-likeness (QED) is 0.740. The molecule has 0 spiro atoms. The van der Waals surface area contributed by atoms with Crippen molar-refractivity contribution in [1.29, 1.82) is 0 Å². The van der Waals surface area contributed by atoms with Crippen molar-refractivity contribution in [3.63, 3.8) is 0 Å². The van der Waals surface area contributed by atoms with Crippen molar-refractivity contribution < 1.29 is 9.90 Å². The maximum Gasteiger partial charge on any atom is 0.407 e. The maximum atomic E-state index is 11.2. The molecule has 17 heavy (non-hydrogen) atoms. The summed E-state index contributed by atoms with van der Waals surface area (Å²) in [6.07, 6.45) is 2.97. The van der Waals surface area contributed by atoms with E-state index >= 15 is 0 Å². The average Bonchev–Trinajstić information content (AvgIpc) is 2.68. The first kappa shape index (κ1) is 10.8. The van der Waals surface area contributed by atoms with Crippen molar-refractivity contribution in [2.24, 2.45) is 0 Å². The second kappa shape index (κ2) is 3.87. The zero-order chi connectivity index (χ0) is 12.0. The fourth-order valence-electron chi connectivity index (χ4n) is 3.10. The number of fused-ring (bicyclic) bond motifs is 3. The van der Waals surface area contributed by atoms with Crippen molar-refractivity contribution in [2.45, 2.75) is 37.6 Å². The molecule has 0 aromatic carbocycles. The number of amides is 1. The average molecular weight is 253 g/mol. The summed E-state index contributed by atoms with van der Waals surface area (Å²) >= 11 is 1.56. The van der Waals surface area contributed by atoms with Crippen LogP contribution in [-0.4, -0.2) is 33.7 Å². The number of aromatic nitrogens is 1. The van der Waals surface area contributed by atoms with Gasteiger partial charge in [-0.05, 0) is 25.7 Å². The molecule has 2 atom stereocenters. The molecule has 1 aliphatic heterocycles. The Morgan fingerprint density at radius 1 is 1.53 bits per heavy atom. The molecule has 3 rings (SSSR count). The lowest BCUT2D eigenvalue weighted by Crippen LogP contribution is -2.48. The Morgan fingerprint density at radius 3 is 3.12 bits per heavy atom. The standard InChI is InChI=1S/C11H15N3O2S/c12-10-13-9-6-2-1-5-14(11(15)16)7(6)3-4-8(9)17-10/h6-7H,1-5H2,(H2,12,13)(H,15,16). The Balaban J connectivity index is 1.95. The fraction of sp³-hybridized carbons (Fsp3) is 0.636. The van der Waals surface area contributed by atoms with E-state index in [9.17, 15) is 9.90 Å². The zero-order valence-corrected chi connectivity index (χ0v) is 10.2. The molecule has 2 aliphatic rings. The number of thiazole rings is 1. The molecule has 0 bridgehead atoms. The lowest BCUT2D eigenvalue weighted by Gasteiger charge is -2.41. The van der Waals surface area contributed by atoms with Crippen molar-refractivity contribution in [3.05, 3.63) is 10.6 Å². The topological polar surface area (TPSA) is 79.5 Å². The predicted molar refractivity (Wildman–Crippen MR) is 65.3 cm³/mol. The number of anilines is 1. The van der Waals surface area contributed by atoms with Crippen LogP contribution in [0.25, 0.3) is 0 Å². The lowest BCUT2D eigenvalue weighted by molar-refractivity contribution is 0.0893. The first-order valence-corrected chi connectivity index (χ1v) is 6.73. The minimum Gasteiger partial charge on any atom is -0.465 e. The van der Waals surface area contributed by atoms with Crippen LogP contribution < -0.4 is 5.73 Å². The number of carbonyl (C=O) groups is 1. The highest BCUT2D eigenvalue weighted by Crippen LogP contribution is 2.42. The summed E-state index contributed by atoms with van der Waals surface area (Å²) in [5, 5.41) is 9.83. The molecule has 1 amide bonds. The number of piperidine rings is 1. The summed E-state index contributed by atoms with van der Waals surface area (Å²) in [5.74, 6) is 0.261. The van der Waals surface area contributed by atoms with Crippen LogP contribution in [0.5, 0.6) is 0 Å². The molecule has 0 radical (unpaired) electrons. The van der Waals surface area contributed by atoms with E-state index in [2.05, 4.69) is 4.98 Å². The number of likely N-dealkylation sites (tertiary alicyclic amines) is 1. The number of nitrogens with zero attached hydrogens (tertiary/aromatic N) is 2. The molecule has 92 valence electrons. The third kappa shape index (κ3) is 1.67. The van der Waals surface area contributed by atoms with Gasteiger partial charge in [-0.2, -0.15) is 0 Å². The molecule has 1 aromatic heterocycles. The number of rotatable bonds is 0. The Kier molecular flexibility index (Phi) is 2.47. The Bertz CT molecular complexity index is 460. The van der Waals surface area contributed by atoms with Gasteiger partial charge in [0, 0.05) is 23.4 Å². The van der Waals surface area contributed by atoms with E-state index < -0.39 is 6.09 Å². The van der Waals surface area contributed by atoms with Gasteiger partial charge in [0.05, 0.1) is 5.69 Å². The zero-order valence-electron chi connectivity index (χ0n) is 9.43. The van der Waals surface area contributed by atoms with Gasteiger partial charge in [-0.1, -0.05) is 0 Å². The Morgan fingerprint density at radius 2 is 2.35 bits per heavy atom. The second-order valence-corrected chi connectivity index (χ2v) is 5.81. The first-order chi connectivity index (χ1) is 8.16. The van der Waals surface area contributed by atoms with E-state index in [4.69, 9.17) is 5.73 Å². The van der Waals surface area contributed by atoms with Crippen LogP contribution in [0.3, 0.4) is 0 Å². The number of nitrogens with two attached hydrogens (primary N) is 1. The minimum atomic E-state index is -0.800. The van der Waals surface area contributed by atoms with Crippen molar-refractivity contribution in [3.8, 4) is 0 Å². The number of hydrogen-bond acceptors (Lipinski definition) is 4. The van der Waals surface area contributed by atoms with E-state index in [-0.39, 0.29) is 12.0 Å². The summed E-state index contributed by atoms with van der Waals surface area (Å²) < 4.78 is 0. The Hall–Kier alpha value is -1.30. The van der Waals surface area contributed by atoms with E-state index in [1.54, 1.807) is 16.2 Å². The summed E-state index contributed by atoms with van der Waals surface area (Å²) in [5.41, 5.74) is 6.82. The van der Waals surface area contributed by atoms with E-state index in [1.165, 1.54) is 4.88 Å². The summed E-state index contributed by atoms with van der Waals surface area (Å²) in [4.78, 5) is 18.5. The highest BCUT2D eigenvalue weighted by atomic mass is 32.1. The van der Waals surface area contributed by atoms with E-state index in [0.29, 0.717) is 11.7 Å². The van der Waals surface area contributed by atoms with Crippen LogP contribution in [0.4, 0.5) is 9.93 Å². The molecule has 3 N–H and O–H groups in total. The van der Waals surface area contributed by atoms with Crippen LogP contribution in [0.1, 0.15) is 35.8 Å². The molecular formula is C11H15N3O2S. The number of nitrogen functional groups attached to an aromatic ring is 1. The second-order valence-electron chi connectivity index (χ2n) is 4.69. The summed E-state index contributed by atoms with van der Waals surface area (Å²) in [6.45, 7) is 0.658. The fourth-order valence-corrected chi connectivity index (χ4v) is 4.02. The van der Waals surface area contributed by atoms with Gasteiger partial charge in [0.15, 0.2) is 5.13 Å². The van der Waals surface area contributed by atoms with Gasteiger partial charge in [-0.3, -0.25) is 0 Å². The minimum absolute atomic E-state index is 0.107. The third-order valence-corrected chi connectivity index (χ3v) is 4.75. The van der Waals surface area contributed by atoms with E-state index in [1.807, 2.05) is 0 Å². The summed E-state index contributed by atoms with van der Waals surface area (Å²) in [7, 11) is 0. The van der Waals surface area contributed by atoms with Gasteiger partial charge in [-0.25, -0.2) is 9.78 Å². The number of aryl methyl sites for hydroxylation is 1. The SMILES string of the molecule is Nc1nc2c(s1)CCC1C2CCCN1C(=O)O. The molecule has 2 heterocycles. The molecule has 2 unspecified atom stereocenters.